The van der Waals surface area contributed by atoms with Gasteiger partial charge >= 0.3 is 0 Å². The molecule has 2 rings (SSSR count). The number of para-hydroxylation sites is 1. The van der Waals surface area contributed by atoms with Crippen LogP contribution >= 0.6 is 0 Å². The average molecular weight is 276 g/mol. The topological polar surface area (TPSA) is 18.5 Å². The van der Waals surface area contributed by atoms with Crippen molar-refractivity contribution in [1.29, 1.82) is 0 Å². The number of ether oxygens (including phenoxy) is 2. The molecule has 0 aromatic heterocycles. The molecule has 0 aliphatic carbocycles. The fourth-order valence-electron chi connectivity index (χ4n) is 2.81. The molecule has 2 nitrogen and oxygen atoms in total. The van der Waals surface area contributed by atoms with Crippen molar-refractivity contribution in [1.82, 2.24) is 0 Å². The molecule has 0 radical (unpaired) electrons. The van der Waals surface area contributed by atoms with Crippen molar-refractivity contribution in [3.8, 4) is 5.75 Å². The minimum Gasteiger partial charge on any atom is -0.485 e. The summed E-state index contributed by atoms with van der Waals surface area (Å²) in [6.07, 6.45) is 8.03. The smallest absolute Gasteiger partial charge is 0.133 e. The first-order valence-corrected chi connectivity index (χ1v) is 8.14. The summed E-state index contributed by atoms with van der Waals surface area (Å²) in [5, 5.41) is 0. The molecule has 0 bridgehead atoms. The monoisotopic (exact) mass is 276 g/mol. The van der Waals surface area contributed by atoms with Crippen molar-refractivity contribution >= 4 is 0 Å². The second-order valence-corrected chi connectivity index (χ2v) is 5.90. The van der Waals surface area contributed by atoms with Crippen molar-refractivity contribution in [3.05, 3.63) is 29.8 Å². The number of hydrogen-bond acceptors (Lipinski definition) is 2. The van der Waals surface area contributed by atoms with Crippen molar-refractivity contribution < 1.29 is 9.47 Å². The third-order valence-electron chi connectivity index (χ3n) is 4.14. The van der Waals surface area contributed by atoms with Gasteiger partial charge in [-0.15, -0.1) is 0 Å². The highest BCUT2D eigenvalue weighted by atomic mass is 16.5. The fraction of sp³-hybridized carbons (Fsp3) is 0.667. The predicted molar refractivity (Wildman–Crippen MR) is 83.4 cm³/mol. The highest BCUT2D eigenvalue weighted by Gasteiger charge is 2.35. The Hall–Kier alpha value is -1.02. The maximum Gasteiger partial charge on any atom is 0.133 e. The van der Waals surface area contributed by atoms with Gasteiger partial charge in [0, 0.05) is 6.61 Å². The van der Waals surface area contributed by atoms with E-state index in [9.17, 15) is 0 Å². The molecule has 0 N–H and O–H groups in total. The summed E-state index contributed by atoms with van der Waals surface area (Å²) in [6, 6.07) is 8.43. The zero-order chi connectivity index (χ0) is 14.3. The lowest BCUT2D eigenvalue weighted by atomic mass is 9.87. The maximum atomic E-state index is 6.38. The predicted octanol–water partition coefficient (Wildman–Crippen LogP) is 4.76. The van der Waals surface area contributed by atoms with Gasteiger partial charge in [-0.1, -0.05) is 44.9 Å². The van der Waals surface area contributed by atoms with E-state index in [1.54, 1.807) is 0 Å². The largest absolute Gasteiger partial charge is 0.485 e. The van der Waals surface area contributed by atoms with Gasteiger partial charge < -0.3 is 9.47 Å². The third kappa shape index (κ3) is 3.99. The van der Waals surface area contributed by atoms with Crippen LogP contribution < -0.4 is 4.74 Å². The molecule has 0 amide bonds. The standard InChI is InChI=1S/C18H28O2/c1-3-5-12-18(15-19-14-6-4-2)13-11-16-9-7-8-10-17(16)20-18/h7-10H,3-6,11-15H2,1-2H3. The minimum absolute atomic E-state index is 0.0991. The molecule has 1 aliphatic heterocycles. The van der Waals surface area contributed by atoms with Crippen LogP contribution in [0.5, 0.6) is 5.75 Å². The number of benzene rings is 1. The molecule has 112 valence electrons. The van der Waals surface area contributed by atoms with E-state index in [-0.39, 0.29) is 5.60 Å². The average Bonchev–Trinajstić information content (AvgIpc) is 2.50. The van der Waals surface area contributed by atoms with Gasteiger partial charge in [-0.2, -0.15) is 0 Å². The molecule has 0 fully saturated rings. The molecule has 0 saturated carbocycles. The van der Waals surface area contributed by atoms with Crippen LogP contribution in [-0.4, -0.2) is 18.8 Å². The Kier molecular flexibility index (Phi) is 5.90. The van der Waals surface area contributed by atoms with Crippen LogP contribution in [0.15, 0.2) is 24.3 Å². The number of fused-ring (bicyclic) bond motifs is 1. The first-order chi connectivity index (χ1) is 9.79. The molecular formula is C18H28O2. The Labute approximate surface area is 123 Å². The number of unbranched alkanes of at least 4 members (excludes halogenated alkanes) is 2. The molecule has 1 atom stereocenters. The van der Waals surface area contributed by atoms with Gasteiger partial charge in [-0.05, 0) is 43.7 Å². The normalized spacial score (nSPS) is 21.3. The molecule has 2 heteroatoms. The molecule has 1 aromatic rings. The summed E-state index contributed by atoms with van der Waals surface area (Å²) in [5.41, 5.74) is 1.24. The SMILES string of the molecule is CCCCOCC1(CCCC)CCc2ccccc2O1. The Bertz CT molecular complexity index is 402. The first-order valence-electron chi connectivity index (χ1n) is 8.14. The van der Waals surface area contributed by atoms with Crippen LogP contribution in [0.4, 0.5) is 0 Å². The summed E-state index contributed by atoms with van der Waals surface area (Å²) < 4.78 is 12.3. The quantitative estimate of drug-likeness (QED) is 0.637. The Balaban J connectivity index is 2.01. The van der Waals surface area contributed by atoms with Gasteiger partial charge in [0.15, 0.2) is 0 Å². The Morgan fingerprint density at radius 1 is 1.15 bits per heavy atom. The van der Waals surface area contributed by atoms with Gasteiger partial charge in [-0.25, -0.2) is 0 Å². The second kappa shape index (κ2) is 7.68. The molecule has 20 heavy (non-hydrogen) atoms. The lowest BCUT2D eigenvalue weighted by molar-refractivity contribution is -0.0471. The molecule has 0 saturated heterocycles. The minimum atomic E-state index is -0.0991. The van der Waals surface area contributed by atoms with Crippen LogP contribution in [0.1, 0.15) is 57.9 Å². The molecule has 1 heterocycles. The van der Waals surface area contributed by atoms with Gasteiger partial charge in [0.25, 0.3) is 0 Å². The molecule has 1 unspecified atom stereocenters. The van der Waals surface area contributed by atoms with Crippen LogP contribution in [0.3, 0.4) is 0 Å². The van der Waals surface area contributed by atoms with E-state index in [1.807, 2.05) is 0 Å². The van der Waals surface area contributed by atoms with Crippen molar-refractivity contribution in [2.45, 2.75) is 64.4 Å². The van der Waals surface area contributed by atoms with Crippen molar-refractivity contribution in [2.24, 2.45) is 0 Å². The number of hydrogen-bond donors (Lipinski definition) is 0. The van der Waals surface area contributed by atoms with E-state index in [0.717, 1.165) is 44.6 Å². The van der Waals surface area contributed by atoms with Crippen molar-refractivity contribution in [3.63, 3.8) is 0 Å². The number of aryl methyl sites for hydroxylation is 1. The van der Waals surface area contributed by atoms with E-state index in [0.29, 0.717) is 0 Å². The Morgan fingerprint density at radius 3 is 2.75 bits per heavy atom. The zero-order valence-electron chi connectivity index (χ0n) is 13.0. The molecule has 1 aromatic carbocycles. The van der Waals surface area contributed by atoms with E-state index in [4.69, 9.17) is 9.47 Å². The van der Waals surface area contributed by atoms with E-state index in [1.165, 1.54) is 24.8 Å². The molecule has 1 aliphatic rings. The summed E-state index contributed by atoms with van der Waals surface area (Å²) in [7, 11) is 0. The van der Waals surface area contributed by atoms with Gasteiger partial charge in [-0.3, -0.25) is 0 Å². The number of rotatable bonds is 8. The van der Waals surface area contributed by atoms with Crippen LogP contribution in [0.2, 0.25) is 0 Å². The highest BCUT2D eigenvalue weighted by molar-refractivity contribution is 5.36. The molecular weight excluding hydrogens is 248 g/mol. The van der Waals surface area contributed by atoms with Gasteiger partial charge in [0.1, 0.15) is 11.4 Å². The molecule has 0 spiro atoms. The van der Waals surface area contributed by atoms with Gasteiger partial charge in [0.2, 0.25) is 0 Å². The van der Waals surface area contributed by atoms with Crippen molar-refractivity contribution in [2.75, 3.05) is 13.2 Å². The zero-order valence-corrected chi connectivity index (χ0v) is 13.0. The summed E-state index contributed by atoms with van der Waals surface area (Å²) in [4.78, 5) is 0. The van der Waals surface area contributed by atoms with E-state index < -0.39 is 0 Å². The van der Waals surface area contributed by atoms with E-state index in [2.05, 4.69) is 38.1 Å². The third-order valence-corrected chi connectivity index (χ3v) is 4.14. The maximum absolute atomic E-state index is 6.38. The lowest BCUT2D eigenvalue weighted by Gasteiger charge is -2.38. The van der Waals surface area contributed by atoms with Gasteiger partial charge in [0.05, 0.1) is 6.61 Å². The first kappa shape index (κ1) is 15.4. The van der Waals surface area contributed by atoms with Crippen LogP contribution in [0, 0.1) is 0 Å². The fourth-order valence-corrected chi connectivity index (χ4v) is 2.81. The van der Waals surface area contributed by atoms with Crippen LogP contribution in [0.25, 0.3) is 0 Å². The summed E-state index contributed by atoms with van der Waals surface area (Å²) in [6.45, 7) is 6.03. The lowest BCUT2D eigenvalue weighted by Crippen LogP contribution is -2.44. The van der Waals surface area contributed by atoms with E-state index >= 15 is 0 Å². The second-order valence-electron chi connectivity index (χ2n) is 5.90. The summed E-state index contributed by atoms with van der Waals surface area (Å²) >= 11 is 0. The highest BCUT2D eigenvalue weighted by Crippen LogP contribution is 2.36. The van der Waals surface area contributed by atoms with Crippen LogP contribution in [-0.2, 0) is 11.2 Å². The summed E-state index contributed by atoms with van der Waals surface area (Å²) in [5.74, 6) is 1.06. The Morgan fingerprint density at radius 2 is 1.95 bits per heavy atom.